The van der Waals surface area contributed by atoms with Crippen molar-refractivity contribution >= 4 is 22.1 Å². The summed E-state index contributed by atoms with van der Waals surface area (Å²) in [5.74, 6) is 0. The van der Waals surface area contributed by atoms with Crippen LogP contribution in [-0.4, -0.2) is 0 Å². The van der Waals surface area contributed by atoms with Crippen LogP contribution in [0.2, 0.25) is 0 Å². The number of hydrogen-bond acceptors (Lipinski definition) is 1. The Morgan fingerprint density at radius 3 is 1.93 bits per heavy atom. The summed E-state index contributed by atoms with van der Waals surface area (Å²) < 4.78 is 0. The fraction of sp³-hybridized carbons (Fsp3) is 0.429. The molecule has 0 atom stereocenters. The van der Waals surface area contributed by atoms with Crippen molar-refractivity contribution in [3.63, 3.8) is 0 Å². The molecule has 0 aromatic heterocycles. The number of anilines is 2. The highest BCUT2D eigenvalue weighted by Gasteiger charge is 2.33. The Morgan fingerprint density at radius 1 is 0.655 bits per heavy atom. The zero-order valence-corrected chi connectivity index (χ0v) is 19.3. The van der Waals surface area contributed by atoms with Crippen LogP contribution in [-0.2, 0) is 5.41 Å². The third-order valence-corrected chi connectivity index (χ3v) is 5.66. The molecule has 0 spiro atoms. The molecule has 3 aromatic carbocycles. The summed E-state index contributed by atoms with van der Waals surface area (Å²) in [6, 6.07) is 24.0. The third-order valence-electron chi connectivity index (χ3n) is 5.66. The predicted octanol–water partition coefficient (Wildman–Crippen LogP) is 8.71. The molecule has 0 bridgehead atoms. The molecular weight excluding hydrogens is 350 g/mol. The molecule has 0 aliphatic rings. The maximum absolute atomic E-state index is 3.60. The molecule has 1 N–H and O–H groups in total. The largest absolute Gasteiger partial charge is 0.355 e. The second-order valence-electron chi connectivity index (χ2n) is 11.2. The topological polar surface area (TPSA) is 12.0 Å². The van der Waals surface area contributed by atoms with Crippen molar-refractivity contribution in [2.75, 3.05) is 5.32 Å². The van der Waals surface area contributed by atoms with Crippen LogP contribution in [0.15, 0.2) is 66.7 Å². The van der Waals surface area contributed by atoms with Gasteiger partial charge < -0.3 is 5.32 Å². The molecule has 0 amide bonds. The summed E-state index contributed by atoms with van der Waals surface area (Å²) in [6.07, 6.45) is 2.40. The summed E-state index contributed by atoms with van der Waals surface area (Å²) in [5.41, 5.74) is 4.50. The maximum Gasteiger partial charge on any atom is 0.0463 e. The first kappa shape index (κ1) is 21.4. The number of benzene rings is 3. The Labute approximate surface area is 177 Å². The van der Waals surface area contributed by atoms with Crippen molar-refractivity contribution < 1.29 is 0 Å². The molecule has 1 nitrogen and oxygen atoms in total. The first-order chi connectivity index (χ1) is 13.5. The van der Waals surface area contributed by atoms with E-state index in [4.69, 9.17) is 0 Å². The number of fused-ring (bicyclic) bond motifs is 1. The van der Waals surface area contributed by atoms with Crippen LogP contribution in [0.25, 0.3) is 10.8 Å². The van der Waals surface area contributed by atoms with Crippen molar-refractivity contribution in [3.05, 3.63) is 72.3 Å². The van der Waals surface area contributed by atoms with Gasteiger partial charge in [-0.3, -0.25) is 0 Å². The van der Waals surface area contributed by atoms with Crippen molar-refractivity contribution in [3.8, 4) is 0 Å². The lowest BCUT2D eigenvalue weighted by atomic mass is 9.66. The highest BCUT2D eigenvalue weighted by molar-refractivity contribution is 5.95. The molecule has 1 heteroatoms. The average Bonchev–Trinajstić information content (AvgIpc) is 2.59. The quantitative estimate of drug-likeness (QED) is 0.446. The summed E-state index contributed by atoms with van der Waals surface area (Å²) in [5, 5.41) is 6.12. The molecule has 0 aliphatic heterocycles. The molecule has 0 fully saturated rings. The van der Waals surface area contributed by atoms with Gasteiger partial charge in [0.2, 0.25) is 0 Å². The third kappa shape index (κ3) is 5.63. The van der Waals surface area contributed by atoms with Gasteiger partial charge in [0.25, 0.3) is 0 Å². The van der Waals surface area contributed by atoms with Crippen molar-refractivity contribution in [2.24, 2.45) is 10.8 Å². The molecule has 0 saturated carbocycles. The van der Waals surface area contributed by atoms with Gasteiger partial charge in [-0.15, -0.1) is 0 Å². The van der Waals surface area contributed by atoms with Crippen LogP contribution in [0.4, 0.5) is 11.4 Å². The minimum absolute atomic E-state index is 0.146. The van der Waals surface area contributed by atoms with Gasteiger partial charge in [-0.2, -0.15) is 0 Å². The molecule has 0 unspecified atom stereocenters. The molecule has 0 saturated heterocycles. The molecule has 0 heterocycles. The highest BCUT2D eigenvalue weighted by Crippen LogP contribution is 2.43. The fourth-order valence-electron chi connectivity index (χ4n) is 5.29. The minimum Gasteiger partial charge on any atom is -0.355 e. The number of nitrogens with one attached hydrogen (secondary N) is 1. The Bertz CT molecular complexity index is 950. The van der Waals surface area contributed by atoms with Crippen LogP contribution in [0.3, 0.4) is 0 Å². The van der Waals surface area contributed by atoms with Crippen LogP contribution < -0.4 is 5.32 Å². The van der Waals surface area contributed by atoms with Crippen LogP contribution in [0, 0.1) is 10.8 Å². The summed E-state index contributed by atoms with van der Waals surface area (Å²) in [6.45, 7) is 16.6. The molecule has 0 radical (unpaired) electrons. The van der Waals surface area contributed by atoms with Crippen molar-refractivity contribution in [1.29, 1.82) is 0 Å². The standard InChI is InChI=1S/C28H37N/c1-26(2,3)19-27(4,5)20-28(6,7)22-15-17-23(18-16-22)29-25-14-10-12-21-11-8-9-13-24(21)25/h8-18,29H,19-20H2,1-7H3. The van der Waals surface area contributed by atoms with Crippen molar-refractivity contribution in [2.45, 2.75) is 66.7 Å². The van der Waals surface area contributed by atoms with E-state index in [-0.39, 0.29) is 5.41 Å². The predicted molar refractivity (Wildman–Crippen MR) is 129 cm³/mol. The minimum atomic E-state index is 0.146. The molecular formula is C28H37N. The first-order valence-corrected chi connectivity index (χ1v) is 10.8. The van der Waals surface area contributed by atoms with E-state index < -0.39 is 0 Å². The van der Waals surface area contributed by atoms with E-state index in [9.17, 15) is 0 Å². The van der Waals surface area contributed by atoms with Crippen LogP contribution >= 0.6 is 0 Å². The highest BCUT2D eigenvalue weighted by atomic mass is 14.9. The maximum atomic E-state index is 3.60. The van der Waals surface area contributed by atoms with E-state index in [2.05, 4.69) is 121 Å². The average molecular weight is 388 g/mol. The van der Waals surface area contributed by atoms with Crippen LogP contribution in [0.5, 0.6) is 0 Å². The van der Waals surface area contributed by atoms with E-state index in [1.54, 1.807) is 0 Å². The van der Waals surface area contributed by atoms with E-state index in [0.717, 1.165) is 11.4 Å². The Hall–Kier alpha value is -2.28. The smallest absolute Gasteiger partial charge is 0.0463 e. The summed E-state index contributed by atoms with van der Waals surface area (Å²) >= 11 is 0. The lowest BCUT2D eigenvalue weighted by molar-refractivity contribution is 0.166. The van der Waals surface area contributed by atoms with E-state index >= 15 is 0 Å². The number of rotatable bonds is 6. The SMILES string of the molecule is CC(C)(C)CC(C)(C)CC(C)(C)c1ccc(Nc2cccc3ccccc23)cc1. The lowest BCUT2D eigenvalue weighted by Crippen LogP contribution is -2.30. The van der Waals surface area contributed by atoms with Gasteiger partial charge in [0, 0.05) is 16.8 Å². The van der Waals surface area contributed by atoms with Gasteiger partial charge >= 0.3 is 0 Å². The van der Waals surface area contributed by atoms with E-state index in [1.807, 2.05) is 0 Å². The molecule has 3 aromatic rings. The second-order valence-corrected chi connectivity index (χ2v) is 11.2. The monoisotopic (exact) mass is 387 g/mol. The van der Waals surface area contributed by atoms with Gasteiger partial charge in [-0.25, -0.2) is 0 Å². The molecule has 29 heavy (non-hydrogen) atoms. The Balaban J connectivity index is 1.77. The van der Waals surface area contributed by atoms with Gasteiger partial charge in [0.05, 0.1) is 0 Å². The van der Waals surface area contributed by atoms with Crippen molar-refractivity contribution in [1.82, 2.24) is 0 Å². The van der Waals surface area contributed by atoms with Gasteiger partial charge in [0.1, 0.15) is 0 Å². The Morgan fingerprint density at radius 2 is 1.28 bits per heavy atom. The van der Waals surface area contributed by atoms with Gasteiger partial charge in [0.15, 0.2) is 0 Å². The van der Waals surface area contributed by atoms with Crippen LogP contribution in [0.1, 0.15) is 66.9 Å². The fourth-order valence-corrected chi connectivity index (χ4v) is 5.29. The van der Waals surface area contributed by atoms with Gasteiger partial charge in [-0.05, 0) is 58.2 Å². The normalized spacial score (nSPS) is 12.9. The summed E-state index contributed by atoms with van der Waals surface area (Å²) in [4.78, 5) is 0. The summed E-state index contributed by atoms with van der Waals surface area (Å²) in [7, 11) is 0. The molecule has 154 valence electrons. The Kier molecular flexibility index (Phi) is 5.81. The second kappa shape index (κ2) is 7.86. The first-order valence-electron chi connectivity index (χ1n) is 10.8. The zero-order chi connectivity index (χ0) is 21.3. The lowest BCUT2D eigenvalue weighted by Gasteiger charge is -2.39. The van der Waals surface area contributed by atoms with E-state index in [0.29, 0.717) is 10.8 Å². The molecule has 3 rings (SSSR count). The zero-order valence-electron chi connectivity index (χ0n) is 19.3. The van der Waals surface area contributed by atoms with Gasteiger partial charge in [-0.1, -0.05) is 97.0 Å². The molecule has 0 aliphatic carbocycles. The van der Waals surface area contributed by atoms with E-state index in [1.165, 1.54) is 29.2 Å². The number of hydrogen-bond donors (Lipinski definition) is 1.